The van der Waals surface area contributed by atoms with Crippen LogP contribution in [0.2, 0.25) is 0 Å². The Morgan fingerprint density at radius 3 is 2.65 bits per heavy atom. The number of aromatic amines is 1. The standard InChI is InChI=1S/C16H11Br2NO/c1-9-3-2-4-14-15(9)12(8-19-14)16(20)11-6-5-10(17)7-13(11)18/h2-8,19H,1H3. The van der Waals surface area contributed by atoms with E-state index in [-0.39, 0.29) is 5.78 Å². The summed E-state index contributed by atoms with van der Waals surface area (Å²) in [4.78, 5) is 15.9. The second-order valence-corrected chi connectivity index (χ2v) is 6.42. The van der Waals surface area contributed by atoms with Gasteiger partial charge in [0.1, 0.15) is 0 Å². The molecule has 0 bridgehead atoms. The number of rotatable bonds is 2. The predicted molar refractivity (Wildman–Crippen MR) is 88.3 cm³/mol. The molecule has 4 heteroatoms. The number of ketones is 1. The van der Waals surface area contributed by atoms with E-state index in [1.807, 2.05) is 43.3 Å². The maximum Gasteiger partial charge on any atom is 0.196 e. The van der Waals surface area contributed by atoms with Crippen LogP contribution in [0.1, 0.15) is 21.5 Å². The van der Waals surface area contributed by atoms with Crippen molar-refractivity contribution in [3.8, 4) is 0 Å². The summed E-state index contributed by atoms with van der Waals surface area (Å²) >= 11 is 6.85. The Labute approximate surface area is 133 Å². The first kappa shape index (κ1) is 13.6. The lowest BCUT2D eigenvalue weighted by molar-refractivity contribution is 0.103. The Hall–Kier alpha value is -1.39. The van der Waals surface area contributed by atoms with Crippen LogP contribution in [-0.4, -0.2) is 10.8 Å². The van der Waals surface area contributed by atoms with Gasteiger partial charge in [-0.05, 0) is 52.7 Å². The smallest absolute Gasteiger partial charge is 0.196 e. The number of aromatic nitrogens is 1. The van der Waals surface area contributed by atoms with Crippen LogP contribution in [0.15, 0.2) is 51.5 Å². The molecule has 0 aliphatic carbocycles. The summed E-state index contributed by atoms with van der Waals surface area (Å²) in [5, 5.41) is 0.993. The van der Waals surface area contributed by atoms with Gasteiger partial charge in [0.2, 0.25) is 0 Å². The highest BCUT2D eigenvalue weighted by atomic mass is 79.9. The van der Waals surface area contributed by atoms with Gasteiger partial charge in [0.25, 0.3) is 0 Å². The monoisotopic (exact) mass is 391 g/mol. The summed E-state index contributed by atoms with van der Waals surface area (Å²) in [5.74, 6) is 0.0184. The van der Waals surface area contributed by atoms with Gasteiger partial charge in [0.15, 0.2) is 5.78 Å². The summed E-state index contributed by atoms with van der Waals surface area (Å²) in [6, 6.07) is 11.6. The summed E-state index contributed by atoms with van der Waals surface area (Å²) in [5.41, 5.74) is 3.46. The fraction of sp³-hybridized carbons (Fsp3) is 0.0625. The number of aryl methyl sites for hydroxylation is 1. The van der Waals surface area contributed by atoms with E-state index in [1.54, 1.807) is 6.20 Å². The highest BCUT2D eigenvalue weighted by Crippen LogP contribution is 2.28. The van der Waals surface area contributed by atoms with E-state index >= 15 is 0 Å². The zero-order valence-corrected chi connectivity index (χ0v) is 13.9. The minimum absolute atomic E-state index is 0.0184. The van der Waals surface area contributed by atoms with Gasteiger partial charge in [-0.3, -0.25) is 4.79 Å². The van der Waals surface area contributed by atoms with Crippen LogP contribution >= 0.6 is 31.9 Å². The lowest BCUT2D eigenvalue weighted by atomic mass is 10.0. The zero-order valence-electron chi connectivity index (χ0n) is 10.7. The molecule has 3 aromatic rings. The molecule has 0 atom stereocenters. The van der Waals surface area contributed by atoms with E-state index in [0.29, 0.717) is 11.1 Å². The lowest BCUT2D eigenvalue weighted by Crippen LogP contribution is -2.02. The predicted octanol–water partition coefficient (Wildman–Crippen LogP) is 5.23. The largest absolute Gasteiger partial charge is 0.360 e. The lowest BCUT2D eigenvalue weighted by Gasteiger charge is -2.05. The Balaban J connectivity index is 2.18. The maximum atomic E-state index is 12.7. The maximum absolute atomic E-state index is 12.7. The van der Waals surface area contributed by atoms with Crippen LogP contribution in [-0.2, 0) is 0 Å². The Bertz CT molecular complexity index is 820. The zero-order chi connectivity index (χ0) is 14.3. The van der Waals surface area contributed by atoms with E-state index in [2.05, 4.69) is 36.8 Å². The van der Waals surface area contributed by atoms with Gasteiger partial charge < -0.3 is 4.98 Å². The van der Waals surface area contributed by atoms with Crippen molar-refractivity contribution in [1.82, 2.24) is 4.98 Å². The molecule has 2 nitrogen and oxygen atoms in total. The minimum Gasteiger partial charge on any atom is -0.360 e. The summed E-state index contributed by atoms with van der Waals surface area (Å²) < 4.78 is 1.73. The molecule has 0 unspecified atom stereocenters. The number of carbonyl (C=O) groups excluding carboxylic acids is 1. The minimum atomic E-state index is 0.0184. The number of hydrogen-bond donors (Lipinski definition) is 1. The Morgan fingerprint density at radius 1 is 1.10 bits per heavy atom. The molecule has 1 N–H and O–H groups in total. The highest BCUT2D eigenvalue weighted by molar-refractivity contribution is 9.11. The molecular weight excluding hydrogens is 382 g/mol. The number of hydrogen-bond acceptors (Lipinski definition) is 1. The molecule has 0 aliphatic heterocycles. The number of H-pyrrole nitrogens is 1. The molecule has 0 spiro atoms. The van der Waals surface area contributed by atoms with E-state index in [4.69, 9.17) is 0 Å². The molecular formula is C16H11Br2NO. The van der Waals surface area contributed by atoms with Crippen molar-refractivity contribution in [2.45, 2.75) is 6.92 Å². The van der Waals surface area contributed by atoms with Crippen molar-refractivity contribution in [3.05, 3.63) is 68.2 Å². The van der Waals surface area contributed by atoms with E-state index in [0.717, 1.165) is 25.4 Å². The summed E-state index contributed by atoms with van der Waals surface area (Å²) in [6.07, 6.45) is 1.79. The molecule has 0 saturated heterocycles. The SMILES string of the molecule is Cc1cccc2[nH]cc(C(=O)c3ccc(Br)cc3Br)c12. The molecule has 0 amide bonds. The number of fused-ring (bicyclic) bond motifs is 1. The first-order valence-corrected chi connectivity index (χ1v) is 7.73. The van der Waals surface area contributed by atoms with Gasteiger partial charge >= 0.3 is 0 Å². The van der Waals surface area contributed by atoms with Crippen LogP contribution in [0.5, 0.6) is 0 Å². The molecule has 0 aliphatic rings. The van der Waals surface area contributed by atoms with Crippen LogP contribution in [0.4, 0.5) is 0 Å². The Kier molecular flexibility index (Phi) is 3.52. The van der Waals surface area contributed by atoms with Crippen LogP contribution in [0.25, 0.3) is 10.9 Å². The van der Waals surface area contributed by atoms with Crippen LogP contribution < -0.4 is 0 Å². The quantitative estimate of drug-likeness (QED) is 0.595. The fourth-order valence-electron chi connectivity index (χ4n) is 2.37. The summed E-state index contributed by atoms with van der Waals surface area (Å²) in [7, 11) is 0. The average molecular weight is 393 g/mol. The van der Waals surface area contributed by atoms with Gasteiger partial charge in [-0.15, -0.1) is 0 Å². The number of halogens is 2. The third-order valence-corrected chi connectivity index (χ3v) is 4.48. The van der Waals surface area contributed by atoms with E-state index in [9.17, 15) is 4.79 Å². The number of nitrogens with one attached hydrogen (secondary N) is 1. The molecule has 20 heavy (non-hydrogen) atoms. The number of benzene rings is 2. The first-order chi connectivity index (χ1) is 9.58. The van der Waals surface area contributed by atoms with Gasteiger partial charge in [0.05, 0.1) is 0 Å². The molecule has 1 heterocycles. The molecule has 1 aromatic heterocycles. The second kappa shape index (κ2) is 5.19. The number of carbonyl (C=O) groups is 1. The summed E-state index contributed by atoms with van der Waals surface area (Å²) in [6.45, 7) is 2.02. The molecule has 2 aromatic carbocycles. The highest BCUT2D eigenvalue weighted by Gasteiger charge is 2.17. The van der Waals surface area contributed by atoms with Crippen molar-refractivity contribution in [3.63, 3.8) is 0 Å². The van der Waals surface area contributed by atoms with Crippen molar-refractivity contribution in [2.75, 3.05) is 0 Å². The van der Waals surface area contributed by atoms with Crippen molar-refractivity contribution in [1.29, 1.82) is 0 Å². The third-order valence-electron chi connectivity index (χ3n) is 3.33. The van der Waals surface area contributed by atoms with E-state index < -0.39 is 0 Å². The Morgan fingerprint density at radius 2 is 1.90 bits per heavy atom. The molecule has 0 fully saturated rings. The molecule has 100 valence electrons. The van der Waals surface area contributed by atoms with Gasteiger partial charge in [-0.2, -0.15) is 0 Å². The van der Waals surface area contributed by atoms with Crippen molar-refractivity contribution in [2.24, 2.45) is 0 Å². The van der Waals surface area contributed by atoms with Crippen molar-refractivity contribution >= 4 is 48.5 Å². The first-order valence-electron chi connectivity index (χ1n) is 6.14. The normalized spacial score (nSPS) is 10.9. The molecule has 0 saturated carbocycles. The van der Waals surface area contributed by atoms with E-state index in [1.165, 1.54) is 0 Å². The fourth-order valence-corrected chi connectivity index (χ4v) is 3.59. The van der Waals surface area contributed by atoms with Crippen molar-refractivity contribution < 1.29 is 4.79 Å². The second-order valence-electron chi connectivity index (χ2n) is 4.65. The topological polar surface area (TPSA) is 32.9 Å². The van der Waals surface area contributed by atoms with Crippen LogP contribution in [0.3, 0.4) is 0 Å². The van der Waals surface area contributed by atoms with Gasteiger partial charge in [-0.1, -0.05) is 28.1 Å². The molecule has 3 rings (SSSR count). The average Bonchev–Trinajstić information content (AvgIpc) is 2.83. The molecule has 0 radical (unpaired) electrons. The van der Waals surface area contributed by atoms with Gasteiger partial charge in [0, 0.05) is 37.2 Å². The third kappa shape index (κ3) is 2.23. The van der Waals surface area contributed by atoms with Gasteiger partial charge in [-0.25, -0.2) is 0 Å². The van der Waals surface area contributed by atoms with Crippen LogP contribution in [0, 0.1) is 6.92 Å².